The molecule has 0 saturated carbocycles. The third-order valence-electron chi connectivity index (χ3n) is 4.02. The minimum atomic E-state index is -0.333. The summed E-state index contributed by atoms with van der Waals surface area (Å²) in [5.41, 5.74) is 1.16. The molecule has 3 heterocycles. The lowest BCUT2D eigenvalue weighted by Crippen LogP contribution is -2.30. The number of nitrogens with zero attached hydrogens (tertiary/aromatic N) is 7. The summed E-state index contributed by atoms with van der Waals surface area (Å²) in [5, 5.41) is 15.1. The molecule has 0 aliphatic carbocycles. The highest BCUT2D eigenvalue weighted by molar-refractivity contribution is 5.93. The van der Waals surface area contributed by atoms with Gasteiger partial charge in [-0.3, -0.25) is 4.79 Å². The zero-order valence-electron chi connectivity index (χ0n) is 15.2. The van der Waals surface area contributed by atoms with Crippen molar-refractivity contribution in [2.45, 2.75) is 39.3 Å². The van der Waals surface area contributed by atoms with E-state index in [1.165, 1.54) is 6.33 Å². The van der Waals surface area contributed by atoms with Crippen molar-refractivity contribution in [1.82, 2.24) is 39.7 Å². The number of hydrogen-bond donors (Lipinski definition) is 1. The van der Waals surface area contributed by atoms with Crippen LogP contribution >= 0.6 is 0 Å². The zero-order valence-corrected chi connectivity index (χ0v) is 15.2. The molecule has 0 aliphatic rings. The Morgan fingerprint density at radius 3 is 2.88 bits per heavy atom. The van der Waals surface area contributed by atoms with Crippen LogP contribution in [0.4, 0.5) is 0 Å². The van der Waals surface area contributed by atoms with Gasteiger partial charge in [0.05, 0.1) is 18.3 Å². The number of fused-ring (bicyclic) bond motifs is 1. The summed E-state index contributed by atoms with van der Waals surface area (Å²) in [6.07, 6.45) is 3.05. The smallest absolute Gasteiger partial charge is 0.270 e. The summed E-state index contributed by atoms with van der Waals surface area (Å²) in [4.78, 5) is 21.1. The van der Waals surface area contributed by atoms with Gasteiger partial charge in [-0.2, -0.15) is 10.1 Å². The van der Waals surface area contributed by atoms with Crippen LogP contribution in [-0.4, -0.2) is 54.0 Å². The quantitative estimate of drug-likeness (QED) is 0.670. The van der Waals surface area contributed by atoms with E-state index in [-0.39, 0.29) is 17.9 Å². The zero-order chi connectivity index (χ0) is 18.7. The predicted octanol–water partition coefficient (Wildman–Crippen LogP) is 0.977. The predicted molar refractivity (Wildman–Crippen MR) is 92.7 cm³/mol. The first-order chi connectivity index (χ1) is 12.5. The van der Waals surface area contributed by atoms with Crippen LogP contribution < -0.4 is 5.32 Å². The number of rotatable bonds is 7. The van der Waals surface area contributed by atoms with Gasteiger partial charge in [-0.05, 0) is 18.9 Å². The SMILES string of the molecule is COCCn1cnnc1C(C)NC(=O)c1cc(C(C)C)n2ncnc2n1. The number of nitrogens with one attached hydrogen (secondary N) is 1. The first-order valence-corrected chi connectivity index (χ1v) is 8.39. The van der Waals surface area contributed by atoms with Crippen molar-refractivity contribution < 1.29 is 9.53 Å². The topological polar surface area (TPSA) is 112 Å². The van der Waals surface area contributed by atoms with Gasteiger partial charge in [0.2, 0.25) is 0 Å². The molecular weight excluding hydrogens is 336 g/mol. The molecule has 3 aromatic heterocycles. The fourth-order valence-corrected chi connectivity index (χ4v) is 2.66. The van der Waals surface area contributed by atoms with Crippen LogP contribution in [0, 0.1) is 0 Å². The van der Waals surface area contributed by atoms with Crippen molar-refractivity contribution in [2.24, 2.45) is 0 Å². The molecular formula is C16H22N8O2. The van der Waals surface area contributed by atoms with E-state index in [0.29, 0.717) is 30.4 Å². The van der Waals surface area contributed by atoms with Crippen LogP contribution in [-0.2, 0) is 11.3 Å². The van der Waals surface area contributed by atoms with Crippen LogP contribution in [0.25, 0.3) is 5.78 Å². The van der Waals surface area contributed by atoms with Crippen molar-refractivity contribution in [2.75, 3.05) is 13.7 Å². The minimum Gasteiger partial charge on any atom is -0.383 e. The summed E-state index contributed by atoms with van der Waals surface area (Å²) in [6.45, 7) is 7.05. The average Bonchev–Trinajstić information content (AvgIpc) is 3.27. The van der Waals surface area contributed by atoms with E-state index in [1.807, 2.05) is 25.3 Å². The second-order valence-corrected chi connectivity index (χ2v) is 6.26. The van der Waals surface area contributed by atoms with Gasteiger partial charge in [-0.25, -0.2) is 9.50 Å². The fraction of sp³-hybridized carbons (Fsp3) is 0.500. The summed E-state index contributed by atoms with van der Waals surface area (Å²) >= 11 is 0. The molecule has 1 N–H and O–H groups in total. The van der Waals surface area contributed by atoms with E-state index in [0.717, 1.165) is 5.69 Å². The summed E-state index contributed by atoms with van der Waals surface area (Å²) < 4.78 is 8.58. The lowest BCUT2D eigenvalue weighted by molar-refractivity contribution is 0.0932. The van der Waals surface area contributed by atoms with E-state index in [9.17, 15) is 4.79 Å². The molecule has 0 saturated heterocycles. The van der Waals surface area contributed by atoms with E-state index >= 15 is 0 Å². The monoisotopic (exact) mass is 358 g/mol. The maximum Gasteiger partial charge on any atom is 0.270 e. The lowest BCUT2D eigenvalue weighted by Gasteiger charge is -2.15. The van der Waals surface area contributed by atoms with Crippen LogP contribution in [0.1, 0.15) is 54.7 Å². The Labute approximate surface area is 150 Å². The number of aromatic nitrogens is 7. The third-order valence-corrected chi connectivity index (χ3v) is 4.02. The second kappa shape index (κ2) is 7.56. The Hall–Kier alpha value is -2.88. The van der Waals surface area contributed by atoms with Crippen molar-refractivity contribution >= 4 is 11.7 Å². The van der Waals surface area contributed by atoms with Crippen molar-refractivity contribution in [1.29, 1.82) is 0 Å². The van der Waals surface area contributed by atoms with Gasteiger partial charge in [0, 0.05) is 13.7 Å². The number of carbonyl (C=O) groups excluding carboxylic acids is 1. The van der Waals surface area contributed by atoms with Gasteiger partial charge >= 0.3 is 0 Å². The van der Waals surface area contributed by atoms with Crippen LogP contribution in [0.3, 0.4) is 0 Å². The van der Waals surface area contributed by atoms with Gasteiger partial charge in [-0.1, -0.05) is 13.8 Å². The second-order valence-electron chi connectivity index (χ2n) is 6.26. The highest BCUT2D eigenvalue weighted by atomic mass is 16.5. The molecule has 10 heteroatoms. The molecule has 3 rings (SSSR count). The fourth-order valence-electron chi connectivity index (χ4n) is 2.66. The lowest BCUT2D eigenvalue weighted by atomic mass is 10.1. The van der Waals surface area contributed by atoms with Crippen molar-refractivity contribution in [3.05, 3.63) is 35.9 Å². The highest BCUT2D eigenvalue weighted by Crippen LogP contribution is 2.16. The van der Waals surface area contributed by atoms with Crippen LogP contribution in [0.15, 0.2) is 18.7 Å². The Bertz CT molecular complexity index is 901. The van der Waals surface area contributed by atoms with E-state index in [4.69, 9.17) is 4.74 Å². The van der Waals surface area contributed by atoms with Crippen molar-refractivity contribution in [3.63, 3.8) is 0 Å². The molecule has 0 bridgehead atoms. The Morgan fingerprint density at radius 1 is 1.35 bits per heavy atom. The van der Waals surface area contributed by atoms with Gasteiger partial charge in [0.25, 0.3) is 11.7 Å². The highest BCUT2D eigenvalue weighted by Gasteiger charge is 2.20. The molecule has 26 heavy (non-hydrogen) atoms. The number of carbonyl (C=O) groups is 1. The first-order valence-electron chi connectivity index (χ1n) is 8.39. The Balaban J connectivity index is 1.82. The molecule has 138 valence electrons. The summed E-state index contributed by atoms with van der Waals surface area (Å²) in [7, 11) is 1.63. The van der Waals surface area contributed by atoms with Crippen molar-refractivity contribution in [3.8, 4) is 0 Å². The maximum atomic E-state index is 12.7. The van der Waals surface area contributed by atoms with Crippen LogP contribution in [0.2, 0.25) is 0 Å². The standard InChI is InChI=1S/C16H22N8O2/c1-10(2)13-7-12(21-16-17-8-19-24(13)16)15(25)20-11(3)14-22-18-9-23(14)5-6-26-4/h7-11H,5-6H2,1-4H3,(H,20,25). The van der Waals surface area contributed by atoms with Gasteiger partial charge < -0.3 is 14.6 Å². The Kier molecular flexibility index (Phi) is 5.21. The normalized spacial score (nSPS) is 12.7. The maximum absolute atomic E-state index is 12.7. The third kappa shape index (κ3) is 3.54. The average molecular weight is 358 g/mol. The van der Waals surface area contributed by atoms with E-state index < -0.39 is 0 Å². The number of ether oxygens (including phenoxy) is 1. The molecule has 0 aliphatic heterocycles. The van der Waals surface area contributed by atoms with Gasteiger partial charge in [0.1, 0.15) is 18.3 Å². The molecule has 0 radical (unpaired) electrons. The summed E-state index contributed by atoms with van der Waals surface area (Å²) in [6, 6.07) is 1.41. The molecule has 1 amide bonds. The number of amides is 1. The molecule has 0 spiro atoms. The van der Waals surface area contributed by atoms with Gasteiger partial charge in [0.15, 0.2) is 5.82 Å². The van der Waals surface area contributed by atoms with Gasteiger partial charge in [-0.15, -0.1) is 10.2 Å². The first kappa shape index (κ1) is 17.9. The Morgan fingerprint density at radius 2 is 2.15 bits per heavy atom. The number of hydrogen-bond acceptors (Lipinski definition) is 7. The number of methoxy groups -OCH3 is 1. The van der Waals surface area contributed by atoms with E-state index in [1.54, 1.807) is 24.0 Å². The molecule has 3 aromatic rings. The molecule has 0 aromatic carbocycles. The van der Waals surface area contributed by atoms with E-state index in [2.05, 4.69) is 30.6 Å². The molecule has 1 unspecified atom stereocenters. The molecule has 10 nitrogen and oxygen atoms in total. The molecule has 1 atom stereocenters. The van der Waals surface area contributed by atoms with Crippen LogP contribution in [0.5, 0.6) is 0 Å². The minimum absolute atomic E-state index is 0.170. The summed E-state index contributed by atoms with van der Waals surface area (Å²) in [5.74, 6) is 0.926. The largest absolute Gasteiger partial charge is 0.383 e. The molecule has 0 fully saturated rings.